The molecule has 7 nitrogen and oxygen atoms in total. The first-order chi connectivity index (χ1) is 20.1. The van der Waals surface area contributed by atoms with Gasteiger partial charge >= 0.3 is 0 Å². The molecule has 2 fully saturated rings. The molecule has 2 aliphatic rings. The Bertz CT molecular complexity index is 1500. The maximum absolute atomic E-state index is 14.3. The average molecular weight is 614 g/mol. The van der Waals surface area contributed by atoms with Crippen LogP contribution in [0.2, 0.25) is 5.02 Å². The largest absolute Gasteiger partial charge is 0.390 e. The molecule has 2 aromatic heterocycles. The third kappa shape index (κ3) is 7.21. The molecular weight excluding hydrogens is 576 g/mol. The van der Waals surface area contributed by atoms with E-state index in [1.165, 1.54) is 12.1 Å². The number of aliphatic hydroxyl groups is 1. The van der Waals surface area contributed by atoms with Crippen LogP contribution in [-0.2, 0) is 10.2 Å². The fourth-order valence-electron chi connectivity index (χ4n) is 6.64. The number of nitrogens with zero attached hydrogens (tertiary/aromatic N) is 3. The molecule has 230 valence electrons. The molecule has 1 saturated carbocycles. The second kappa shape index (κ2) is 11.8. The summed E-state index contributed by atoms with van der Waals surface area (Å²) in [6.45, 7) is 8.80. The zero-order chi connectivity index (χ0) is 31.2. The molecule has 43 heavy (non-hydrogen) atoms. The highest BCUT2D eigenvalue weighted by Crippen LogP contribution is 2.44. The van der Waals surface area contributed by atoms with E-state index in [-0.39, 0.29) is 53.9 Å². The summed E-state index contributed by atoms with van der Waals surface area (Å²) in [6, 6.07) is 8.31. The van der Waals surface area contributed by atoms with Crippen molar-refractivity contribution in [2.75, 3.05) is 13.1 Å². The van der Waals surface area contributed by atoms with Gasteiger partial charge in [0, 0.05) is 77.8 Å². The zero-order valence-electron chi connectivity index (χ0n) is 25.1. The number of halogens is 3. The van der Waals surface area contributed by atoms with Crippen LogP contribution in [0.5, 0.6) is 0 Å². The van der Waals surface area contributed by atoms with Crippen molar-refractivity contribution < 1.29 is 28.0 Å². The Morgan fingerprint density at radius 2 is 1.81 bits per heavy atom. The van der Waals surface area contributed by atoms with Crippen LogP contribution in [0.25, 0.3) is 11.3 Å². The minimum atomic E-state index is -0.815. The van der Waals surface area contributed by atoms with Crippen LogP contribution in [0.15, 0.2) is 40.9 Å². The Kier molecular flexibility index (Phi) is 8.64. The van der Waals surface area contributed by atoms with Gasteiger partial charge in [0.25, 0.3) is 0 Å². The van der Waals surface area contributed by atoms with Gasteiger partial charge in [-0.05, 0) is 63.8 Å². The molecular formula is C33H38ClF2N3O4. The van der Waals surface area contributed by atoms with Crippen LogP contribution < -0.4 is 0 Å². The first-order valence-electron chi connectivity index (χ1n) is 14.7. The first-order valence-corrected chi connectivity index (χ1v) is 15.1. The average Bonchev–Trinajstić information content (AvgIpc) is 3.36. The highest BCUT2D eigenvalue weighted by molar-refractivity contribution is 6.30. The summed E-state index contributed by atoms with van der Waals surface area (Å²) in [4.78, 5) is 34.1. The Morgan fingerprint density at radius 1 is 1.12 bits per heavy atom. The number of hydrogen-bond acceptors (Lipinski definition) is 7. The summed E-state index contributed by atoms with van der Waals surface area (Å²) in [6.07, 6.45) is 3.65. The van der Waals surface area contributed by atoms with Crippen LogP contribution in [-0.4, -0.2) is 56.4 Å². The number of rotatable bonds is 10. The predicted molar refractivity (Wildman–Crippen MR) is 159 cm³/mol. The van der Waals surface area contributed by atoms with Gasteiger partial charge in [0.15, 0.2) is 11.5 Å². The van der Waals surface area contributed by atoms with E-state index in [2.05, 4.69) is 15.0 Å². The topological polar surface area (TPSA) is 96.5 Å². The molecule has 0 radical (unpaired) electrons. The monoisotopic (exact) mass is 613 g/mol. The number of hydrogen-bond donors (Lipinski definition) is 1. The first kappa shape index (κ1) is 31.4. The fraction of sp³-hybridized carbons (Fsp3) is 0.515. The molecule has 1 aromatic carbocycles. The van der Waals surface area contributed by atoms with Gasteiger partial charge in [-0.1, -0.05) is 30.6 Å². The smallest absolute Gasteiger partial charge is 0.185 e. The summed E-state index contributed by atoms with van der Waals surface area (Å²) in [7, 11) is 0. The van der Waals surface area contributed by atoms with E-state index in [0.717, 1.165) is 36.4 Å². The molecule has 3 aromatic rings. The van der Waals surface area contributed by atoms with E-state index >= 15 is 0 Å². The Hall–Kier alpha value is -3.01. The third-order valence-electron chi connectivity index (χ3n) is 8.98. The highest BCUT2D eigenvalue weighted by Gasteiger charge is 2.49. The van der Waals surface area contributed by atoms with Crippen LogP contribution in [0.1, 0.15) is 87.6 Å². The third-order valence-corrected chi connectivity index (χ3v) is 9.19. The maximum Gasteiger partial charge on any atom is 0.185 e. The summed E-state index contributed by atoms with van der Waals surface area (Å²) in [5.41, 5.74) is -0.248. The van der Waals surface area contributed by atoms with Gasteiger partial charge in [0.2, 0.25) is 0 Å². The molecule has 1 saturated heterocycles. The Morgan fingerprint density at radius 3 is 2.47 bits per heavy atom. The lowest BCUT2D eigenvalue weighted by Crippen LogP contribution is -2.62. The van der Waals surface area contributed by atoms with Crippen molar-refractivity contribution in [3.05, 3.63) is 70.1 Å². The number of pyridine rings is 1. The van der Waals surface area contributed by atoms with Gasteiger partial charge in [-0.25, -0.2) is 8.78 Å². The molecule has 10 heteroatoms. The van der Waals surface area contributed by atoms with E-state index in [9.17, 15) is 23.5 Å². The van der Waals surface area contributed by atoms with E-state index in [1.807, 2.05) is 27.7 Å². The fourth-order valence-corrected chi connectivity index (χ4v) is 6.90. The Balaban J connectivity index is 1.32. The predicted octanol–water partition coefficient (Wildman–Crippen LogP) is 6.87. The van der Waals surface area contributed by atoms with Crippen molar-refractivity contribution in [1.82, 2.24) is 15.0 Å². The van der Waals surface area contributed by atoms with Gasteiger partial charge in [0.05, 0.1) is 11.2 Å². The highest BCUT2D eigenvalue weighted by atomic mass is 35.5. The number of benzene rings is 1. The number of aryl methyl sites for hydroxylation is 1. The summed E-state index contributed by atoms with van der Waals surface area (Å²) >= 11 is 6.28. The lowest BCUT2D eigenvalue weighted by atomic mass is 9.68. The van der Waals surface area contributed by atoms with Crippen LogP contribution in [0, 0.1) is 24.0 Å². The lowest BCUT2D eigenvalue weighted by molar-refractivity contribution is -0.128. The molecule has 0 atom stereocenters. The molecule has 0 unspecified atom stereocenters. The van der Waals surface area contributed by atoms with E-state index in [0.29, 0.717) is 31.0 Å². The Labute approximate surface area is 255 Å². The summed E-state index contributed by atoms with van der Waals surface area (Å²) in [5.74, 6) is -1.78. The standard InChI is InChI=1S/C33H38ClF2N3O4/c1-20-11-21(34)12-30(37-20)31(2,3)15-24(40)16-33(18-39(19-33)23-7-9-32(4,42)10-8-23)17-28(41)27-14-29(43-38-27)25-6-5-22(35)13-26(25)36/h5-6,11-14,23,42H,7-10,15-19H2,1-4H3. The van der Waals surface area contributed by atoms with Crippen molar-refractivity contribution in [2.24, 2.45) is 5.41 Å². The maximum atomic E-state index is 14.3. The summed E-state index contributed by atoms with van der Waals surface area (Å²) in [5, 5.41) is 14.9. The molecule has 1 aliphatic carbocycles. The van der Waals surface area contributed by atoms with Crippen LogP contribution in [0.3, 0.4) is 0 Å². The van der Waals surface area contributed by atoms with E-state index in [1.54, 1.807) is 12.1 Å². The number of aromatic nitrogens is 2. The van der Waals surface area contributed by atoms with Gasteiger partial charge in [-0.2, -0.15) is 0 Å². The molecule has 0 bridgehead atoms. The second-order valence-corrected chi connectivity index (χ2v) is 14.0. The van der Waals surface area contributed by atoms with Crippen molar-refractivity contribution in [3.8, 4) is 11.3 Å². The van der Waals surface area contributed by atoms with Gasteiger partial charge < -0.3 is 9.63 Å². The molecule has 3 heterocycles. The SMILES string of the molecule is Cc1cc(Cl)cc(C(C)(C)CC(=O)CC2(CC(=O)c3cc(-c4ccc(F)cc4F)on3)CN(C3CCC(C)(O)CC3)C2)n1. The summed E-state index contributed by atoms with van der Waals surface area (Å²) < 4.78 is 32.9. The molecule has 5 rings (SSSR count). The second-order valence-electron chi connectivity index (χ2n) is 13.5. The molecule has 1 N–H and O–H groups in total. The molecule has 0 amide bonds. The quantitative estimate of drug-likeness (QED) is 0.249. The van der Waals surface area contributed by atoms with Crippen molar-refractivity contribution in [1.29, 1.82) is 0 Å². The lowest BCUT2D eigenvalue weighted by Gasteiger charge is -2.54. The van der Waals surface area contributed by atoms with E-state index < -0.39 is 28.1 Å². The number of Topliss-reactive ketones (excluding diaryl/α,β-unsaturated/α-hetero) is 2. The van der Waals surface area contributed by atoms with Crippen molar-refractivity contribution in [3.63, 3.8) is 0 Å². The number of ketones is 2. The van der Waals surface area contributed by atoms with Crippen molar-refractivity contribution >= 4 is 23.2 Å². The van der Waals surface area contributed by atoms with Crippen molar-refractivity contribution in [2.45, 2.75) is 89.7 Å². The normalized spacial score (nSPS) is 22.3. The number of likely N-dealkylation sites (tertiary alicyclic amines) is 1. The molecule has 0 spiro atoms. The minimum absolute atomic E-state index is 0.00735. The van der Waals surface area contributed by atoms with Gasteiger partial charge in [0.1, 0.15) is 23.1 Å². The van der Waals surface area contributed by atoms with Gasteiger partial charge in [-0.3, -0.25) is 19.5 Å². The minimum Gasteiger partial charge on any atom is -0.390 e. The number of carbonyl (C=O) groups is 2. The number of carbonyl (C=O) groups excluding carboxylic acids is 2. The van der Waals surface area contributed by atoms with Crippen LogP contribution in [0.4, 0.5) is 8.78 Å². The van der Waals surface area contributed by atoms with E-state index in [4.69, 9.17) is 16.1 Å². The molecule has 1 aliphatic heterocycles. The zero-order valence-corrected chi connectivity index (χ0v) is 25.8. The van der Waals surface area contributed by atoms with Crippen LogP contribution >= 0.6 is 11.6 Å². The van der Waals surface area contributed by atoms with Gasteiger partial charge in [-0.15, -0.1) is 0 Å².